The number of ether oxygens (including phenoxy) is 1. The highest BCUT2D eigenvalue weighted by molar-refractivity contribution is 8.02. The summed E-state index contributed by atoms with van der Waals surface area (Å²) in [5, 5.41) is 9.82. The molecule has 1 unspecified atom stereocenters. The predicted molar refractivity (Wildman–Crippen MR) is 149 cm³/mol. The zero-order valence-electron chi connectivity index (χ0n) is 22.3. The molecule has 0 aromatic heterocycles. The van der Waals surface area contributed by atoms with Crippen LogP contribution in [0.3, 0.4) is 0 Å². The Morgan fingerprint density at radius 2 is 1.87 bits per heavy atom. The molecule has 4 aliphatic rings. The van der Waals surface area contributed by atoms with E-state index in [2.05, 4.69) is 24.8 Å². The van der Waals surface area contributed by atoms with Crippen LogP contribution in [0, 0.1) is 11.8 Å². The molecule has 1 N–H and O–H groups in total. The third kappa shape index (κ3) is 4.24. The van der Waals surface area contributed by atoms with Crippen molar-refractivity contribution in [2.75, 3.05) is 42.6 Å². The number of esters is 1. The molecule has 0 saturated carbocycles. The van der Waals surface area contributed by atoms with Gasteiger partial charge in [0.1, 0.15) is 6.04 Å². The Morgan fingerprint density at radius 1 is 1.13 bits per heavy atom. The number of allylic oxidation sites excluding steroid dienone is 1. The number of amides is 2. The fourth-order valence-electron chi connectivity index (χ4n) is 6.42. The van der Waals surface area contributed by atoms with Crippen LogP contribution in [0.15, 0.2) is 48.6 Å². The second kappa shape index (κ2) is 10.8. The molecule has 9 heteroatoms. The first-order valence-corrected chi connectivity index (χ1v) is 14.5. The number of anilines is 2. The molecule has 38 heavy (non-hydrogen) atoms. The Hall–Kier alpha value is -2.78. The molecule has 4 heterocycles. The molecule has 0 radical (unpaired) electrons. The van der Waals surface area contributed by atoms with Crippen LogP contribution in [0.25, 0.3) is 0 Å². The van der Waals surface area contributed by atoms with Gasteiger partial charge in [-0.25, -0.2) is 0 Å². The maximum atomic E-state index is 14.4. The first-order valence-electron chi connectivity index (χ1n) is 13.7. The van der Waals surface area contributed by atoms with Crippen LogP contribution in [0.1, 0.15) is 33.6 Å². The van der Waals surface area contributed by atoms with Crippen LogP contribution in [-0.4, -0.2) is 82.7 Å². The molecule has 5 rings (SSSR count). The highest BCUT2D eigenvalue weighted by Crippen LogP contribution is 2.61. The van der Waals surface area contributed by atoms with Crippen molar-refractivity contribution in [3.05, 3.63) is 48.6 Å². The normalized spacial score (nSPS) is 32.4. The van der Waals surface area contributed by atoms with Crippen LogP contribution < -0.4 is 9.80 Å². The van der Waals surface area contributed by atoms with E-state index in [0.29, 0.717) is 13.2 Å². The van der Waals surface area contributed by atoms with Gasteiger partial charge in [-0.3, -0.25) is 14.4 Å². The van der Waals surface area contributed by atoms with E-state index in [0.717, 1.165) is 37.3 Å². The maximum absolute atomic E-state index is 14.4. The average Bonchev–Trinajstić information content (AvgIpc) is 3.34. The Kier molecular flexibility index (Phi) is 7.60. The van der Waals surface area contributed by atoms with E-state index in [9.17, 15) is 19.5 Å². The molecular weight excluding hydrogens is 502 g/mol. The summed E-state index contributed by atoms with van der Waals surface area (Å²) in [5.41, 5.74) is 1.84. The van der Waals surface area contributed by atoms with Crippen LogP contribution >= 0.6 is 11.8 Å². The van der Waals surface area contributed by atoms with Crippen molar-refractivity contribution in [1.82, 2.24) is 4.90 Å². The molecule has 0 aliphatic carbocycles. The van der Waals surface area contributed by atoms with Gasteiger partial charge >= 0.3 is 5.97 Å². The molecule has 4 aliphatic heterocycles. The Labute approximate surface area is 228 Å². The van der Waals surface area contributed by atoms with Gasteiger partial charge < -0.3 is 24.5 Å². The zero-order chi connectivity index (χ0) is 27.0. The number of carbonyl (C=O) groups is 3. The fraction of sp³-hybridized carbons (Fsp3) is 0.552. The monoisotopic (exact) mass is 539 g/mol. The summed E-state index contributed by atoms with van der Waals surface area (Å²) in [7, 11) is 0. The number of aliphatic hydroxyl groups excluding tert-OH is 1. The lowest BCUT2D eigenvalue weighted by atomic mass is 9.78. The summed E-state index contributed by atoms with van der Waals surface area (Å²) in [6.45, 7) is 8.15. The lowest BCUT2D eigenvalue weighted by Gasteiger charge is -2.37. The summed E-state index contributed by atoms with van der Waals surface area (Å²) < 4.78 is 4.67. The van der Waals surface area contributed by atoms with Crippen LogP contribution in [0.2, 0.25) is 0 Å². The first-order chi connectivity index (χ1) is 18.4. The molecular formula is C29H37N3O5S. The third-order valence-corrected chi connectivity index (χ3v) is 10.1. The molecule has 1 spiro atoms. The highest BCUT2D eigenvalue weighted by Gasteiger charge is 2.71. The fourth-order valence-corrected chi connectivity index (χ4v) is 8.41. The molecule has 204 valence electrons. The number of hydrogen-bond donors (Lipinski definition) is 1. The number of hydrogen-bond acceptors (Lipinski definition) is 7. The lowest BCUT2D eigenvalue weighted by molar-refractivity contribution is -0.153. The van der Waals surface area contributed by atoms with E-state index in [1.807, 2.05) is 42.5 Å². The van der Waals surface area contributed by atoms with Crippen molar-refractivity contribution in [3.8, 4) is 0 Å². The number of cyclic esters (lactones) is 1. The molecule has 2 amide bonds. The number of thioether (sulfide) groups is 1. The van der Waals surface area contributed by atoms with Gasteiger partial charge in [0.05, 0.1) is 35.8 Å². The molecule has 6 atom stereocenters. The van der Waals surface area contributed by atoms with E-state index < -0.39 is 28.7 Å². The van der Waals surface area contributed by atoms with Gasteiger partial charge in [-0.1, -0.05) is 24.3 Å². The van der Waals surface area contributed by atoms with Crippen LogP contribution in [0.5, 0.6) is 0 Å². The minimum Gasteiger partial charge on any atom is -0.465 e. The predicted octanol–water partition coefficient (Wildman–Crippen LogP) is 3.01. The number of fused-ring (bicyclic) bond motifs is 2. The van der Waals surface area contributed by atoms with Gasteiger partial charge in [0.15, 0.2) is 0 Å². The van der Waals surface area contributed by atoms with Crippen LogP contribution in [-0.2, 0) is 19.1 Å². The number of benzene rings is 1. The smallest absolute Gasteiger partial charge is 0.311 e. The quantitative estimate of drug-likeness (QED) is 0.439. The lowest BCUT2D eigenvalue weighted by Crippen LogP contribution is -2.56. The Bertz CT molecular complexity index is 1130. The van der Waals surface area contributed by atoms with Crippen molar-refractivity contribution in [2.24, 2.45) is 11.8 Å². The van der Waals surface area contributed by atoms with Gasteiger partial charge in [-0.15, -0.1) is 11.8 Å². The molecule has 2 saturated heterocycles. The molecule has 8 nitrogen and oxygen atoms in total. The molecule has 2 fully saturated rings. The highest BCUT2D eigenvalue weighted by atomic mass is 32.2. The molecule has 1 aromatic carbocycles. The Morgan fingerprint density at radius 3 is 2.55 bits per heavy atom. The van der Waals surface area contributed by atoms with E-state index >= 15 is 0 Å². The van der Waals surface area contributed by atoms with Gasteiger partial charge in [0.2, 0.25) is 5.91 Å². The van der Waals surface area contributed by atoms with E-state index in [1.54, 1.807) is 11.8 Å². The summed E-state index contributed by atoms with van der Waals surface area (Å²) in [6, 6.07) is 6.53. The molecule has 0 bridgehead atoms. The number of nitrogens with zero attached hydrogens (tertiary/aromatic N) is 3. The average molecular weight is 540 g/mol. The second-order valence-corrected chi connectivity index (χ2v) is 11.9. The van der Waals surface area contributed by atoms with Gasteiger partial charge in [-0.2, -0.15) is 0 Å². The largest absolute Gasteiger partial charge is 0.465 e. The van der Waals surface area contributed by atoms with E-state index in [-0.39, 0.29) is 29.6 Å². The van der Waals surface area contributed by atoms with Crippen molar-refractivity contribution in [1.29, 1.82) is 0 Å². The van der Waals surface area contributed by atoms with Crippen molar-refractivity contribution in [3.63, 3.8) is 0 Å². The van der Waals surface area contributed by atoms with Gasteiger partial charge in [0, 0.05) is 36.3 Å². The molecule has 1 aromatic rings. The summed E-state index contributed by atoms with van der Waals surface area (Å²) in [4.78, 5) is 47.3. The Balaban J connectivity index is 1.56. The second-order valence-electron chi connectivity index (χ2n) is 10.4. The van der Waals surface area contributed by atoms with E-state index in [4.69, 9.17) is 4.74 Å². The summed E-state index contributed by atoms with van der Waals surface area (Å²) in [6.07, 6.45) is 9.56. The van der Waals surface area contributed by atoms with E-state index in [1.165, 1.54) is 16.7 Å². The SMILES string of the molecule is CCN(CC)c1ccc(N2CC=C[C@]34S[C@H]5/C=C\CCCOC(=O)[C@H]5[C@H]3C(=O)N([C@H](C)CO)C4C2=O)cc1. The van der Waals surface area contributed by atoms with Crippen LogP contribution in [0.4, 0.5) is 11.4 Å². The zero-order valence-corrected chi connectivity index (χ0v) is 23.1. The number of likely N-dealkylation sites (tertiary alicyclic amines) is 1. The first kappa shape index (κ1) is 26.8. The third-order valence-electron chi connectivity index (χ3n) is 8.32. The number of carbonyl (C=O) groups excluding carboxylic acids is 3. The van der Waals surface area contributed by atoms with Gasteiger partial charge in [0.25, 0.3) is 5.91 Å². The summed E-state index contributed by atoms with van der Waals surface area (Å²) in [5.74, 6) is -2.26. The number of aliphatic hydroxyl groups is 1. The van der Waals surface area contributed by atoms with Gasteiger partial charge in [-0.05, 0) is 57.9 Å². The van der Waals surface area contributed by atoms with Crippen molar-refractivity contribution in [2.45, 2.75) is 55.7 Å². The standard InChI is InChI=1S/C29H37N3O5S/c1-4-30(5-2)20-11-13-21(14-12-20)31-16-9-15-29-24(26(34)32(19(3)18-33)25(29)27(31)35)23-22(38-29)10-7-6-8-17-37-28(23)36/h7,9-15,19,22-25,33H,4-6,8,16-18H2,1-3H3/b10-7-/t19-,22+,23-,24+,25?,29+/m1/s1. The summed E-state index contributed by atoms with van der Waals surface area (Å²) >= 11 is 1.52. The minimum absolute atomic E-state index is 0.196. The topological polar surface area (TPSA) is 90.4 Å². The number of rotatable bonds is 6. The van der Waals surface area contributed by atoms with Crippen molar-refractivity contribution >= 4 is 40.9 Å². The minimum atomic E-state index is -0.925. The maximum Gasteiger partial charge on any atom is 0.311 e. The van der Waals surface area contributed by atoms with Crippen molar-refractivity contribution < 1.29 is 24.2 Å².